The summed E-state index contributed by atoms with van der Waals surface area (Å²) in [5.74, 6) is -1.58. The van der Waals surface area contributed by atoms with Crippen LogP contribution >= 0.6 is 0 Å². The molecule has 0 bridgehead atoms. The average Bonchev–Trinajstić information content (AvgIpc) is 2.52. The van der Waals surface area contributed by atoms with Crippen LogP contribution in [0.2, 0.25) is 0 Å². The number of benzene rings is 2. The Morgan fingerprint density at radius 1 is 1.13 bits per heavy atom. The van der Waals surface area contributed by atoms with E-state index in [4.69, 9.17) is 4.74 Å². The quantitative estimate of drug-likeness (QED) is 0.862. The van der Waals surface area contributed by atoms with Gasteiger partial charge in [0.05, 0.1) is 5.56 Å². The SMILES string of the molecule is CN(C)c1ccc(C(=O)OCC(=O)Nc2cccc(F)c2)cc1. The minimum Gasteiger partial charge on any atom is -0.452 e. The average molecular weight is 316 g/mol. The molecule has 2 aromatic rings. The van der Waals surface area contributed by atoms with Crippen molar-refractivity contribution in [2.45, 2.75) is 0 Å². The summed E-state index contributed by atoms with van der Waals surface area (Å²) in [7, 11) is 3.79. The van der Waals surface area contributed by atoms with Gasteiger partial charge < -0.3 is 15.0 Å². The molecule has 0 aromatic heterocycles. The predicted octanol–water partition coefficient (Wildman–Crippen LogP) is 2.69. The molecule has 0 atom stereocenters. The number of rotatable bonds is 5. The smallest absolute Gasteiger partial charge is 0.338 e. The van der Waals surface area contributed by atoms with E-state index in [2.05, 4.69) is 5.32 Å². The second-order valence-electron chi connectivity index (χ2n) is 5.08. The summed E-state index contributed by atoms with van der Waals surface area (Å²) in [5, 5.41) is 2.45. The molecule has 23 heavy (non-hydrogen) atoms. The van der Waals surface area contributed by atoms with Gasteiger partial charge in [-0.05, 0) is 42.5 Å². The van der Waals surface area contributed by atoms with Crippen LogP contribution in [0.4, 0.5) is 15.8 Å². The van der Waals surface area contributed by atoms with Crippen molar-refractivity contribution in [2.24, 2.45) is 0 Å². The van der Waals surface area contributed by atoms with E-state index >= 15 is 0 Å². The van der Waals surface area contributed by atoms with Gasteiger partial charge in [0, 0.05) is 25.5 Å². The number of carbonyl (C=O) groups excluding carboxylic acids is 2. The van der Waals surface area contributed by atoms with E-state index in [-0.39, 0.29) is 0 Å². The normalized spacial score (nSPS) is 10.0. The summed E-state index contributed by atoms with van der Waals surface area (Å²) in [4.78, 5) is 25.5. The number of anilines is 2. The first kappa shape index (κ1) is 16.5. The van der Waals surface area contributed by atoms with Crippen molar-refractivity contribution < 1.29 is 18.7 Å². The second-order valence-corrected chi connectivity index (χ2v) is 5.08. The lowest BCUT2D eigenvalue weighted by Crippen LogP contribution is -2.21. The standard InChI is InChI=1S/C17H17FN2O3/c1-20(2)15-8-6-12(7-9-15)17(22)23-11-16(21)19-14-5-3-4-13(18)10-14/h3-10H,11H2,1-2H3,(H,19,21). The molecule has 0 saturated carbocycles. The predicted molar refractivity (Wildman–Crippen MR) is 86.1 cm³/mol. The Morgan fingerprint density at radius 3 is 2.43 bits per heavy atom. The van der Waals surface area contributed by atoms with E-state index < -0.39 is 24.3 Å². The highest BCUT2D eigenvalue weighted by Crippen LogP contribution is 2.13. The van der Waals surface area contributed by atoms with Gasteiger partial charge in [0.1, 0.15) is 5.82 Å². The first-order valence-corrected chi connectivity index (χ1v) is 6.95. The van der Waals surface area contributed by atoms with Crippen molar-refractivity contribution in [1.29, 1.82) is 0 Å². The van der Waals surface area contributed by atoms with Gasteiger partial charge in [-0.1, -0.05) is 6.07 Å². The first-order valence-electron chi connectivity index (χ1n) is 6.95. The van der Waals surface area contributed by atoms with Crippen LogP contribution in [-0.2, 0) is 9.53 Å². The number of nitrogens with zero attached hydrogens (tertiary/aromatic N) is 1. The molecule has 0 spiro atoms. The Morgan fingerprint density at radius 2 is 1.83 bits per heavy atom. The number of nitrogens with one attached hydrogen (secondary N) is 1. The number of amides is 1. The summed E-state index contributed by atoms with van der Waals surface area (Å²) in [6.45, 7) is -0.440. The Hall–Kier alpha value is -2.89. The van der Waals surface area contributed by atoms with E-state index in [9.17, 15) is 14.0 Å². The molecule has 0 radical (unpaired) electrons. The van der Waals surface area contributed by atoms with E-state index in [1.54, 1.807) is 30.3 Å². The molecule has 0 unspecified atom stereocenters. The highest BCUT2D eigenvalue weighted by Gasteiger charge is 2.11. The Bertz CT molecular complexity index is 699. The molecule has 0 aliphatic carbocycles. The van der Waals surface area contributed by atoms with Crippen LogP contribution in [-0.4, -0.2) is 32.6 Å². The molecule has 120 valence electrons. The van der Waals surface area contributed by atoms with Crippen molar-refractivity contribution >= 4 is 23.3 Å². The topological polar surface area (TPSA) is 58.6 Å². The van der Waals surface area contributed by atoms with Crippen LogP contribution in [0.15, 0.2) is 48.5 Å². The molecule has 0 fully saturated rings. The maximum Gasteiger partial charge on any atom is 0.338 e. The van der Waals surface area contributed by atoms with E-state index in [1.807, 2.05) is 19.0 Å². The molecule has 0 saturated heterocycles. The second kappa shape index (κ2) is 7.40. The molecule has 6 heteroatoms. The van der Waals surface area contributed by atoms with Gasteiger partial charge in [0.2, 0.25) is 0 Å². The Labute approximate surface area is 133 Å². The summed E-state index contributed by atoms with van der Waals surface area (Å²) < 4.78 is 17.9. The molecule has 0 heterocycles. The summed E-state index contributed by atoms with van der Waals surface area (Å²) in [6, 6.07) is 12.3. The van der Waals surface area contributed by atoms with Gasteiger partial charge in [-0.2, -0.15) is 0 Å². The molecule has 1 N–H and O–H groups in total. The highest BCUT2D eigenvalue weighted by molar-refractivity contribution is 5.95. The lowest BCUT2D eigenvalue weighted by atomic mass is 10.2. The maximum atomic E-state index is 13.0. The van der Waals surface area contributed by atoms with Crippen LogP contribution in [0, 0.1) is 5.82 Å². The fourth-order valence-corrected chi connectivity index (χ4v) is 1.87. The van der Waals surface area contributed by atoms with Crippen molar-refractivity contribution in [3.63, 3.8) is 0 Å². The molecule has 5 nitrogen and oxygen atoms in total. The summed E-state index contributed by atoms with van der Waals surface area (Å²) in [5.41, 5.74) is 1.61. The molecule has 2 rings (SSSR count). The zero-order valence-electron chi connectivity index (χ0n) is 12.9. The van der Waals surface area contributed by atoms with Crippen LogP contribution in [0.5, 0.6) is 0 Å². The molecular weight excluding hydrogens is 299 g/mol. The molecule has 1 amide bonds. The van der Waals surface area contributed by atoms with Crippen LogP contribution in [0.25, 0.3) is 0 Å². The van der Waals surface area contributed by atoms with Gasteiger partial charge >= 0.3 is 5.97 Å². The minimum absolute atomic E-state index is 0.307. The van der Waals surface area contributed by atoms with Crippen molar-refractivity contribution in [3.8, 4) is 0 Å². The fourth-order valence-electron chi connectivity index (χ4n) is 1.87. The highest BCUT2D eigenvalue weighted by atomic mass is 19.1. The van der Waals surface area contributed by atoms with Crippen molar-refractivity contribution in [3.05, 3.63) is 59.9 Å². The maximum absolute atomic E-state index is 13.0. The van der Waals surface area contributed by atoms with Crippen molar-refractivity contribution in [2.75, 3.05) is 30.9 Å². The zero-order valence-corrected chi connectivity index (χ0v) is 12.9. The monoisotopic (exact) mass is 316 g/mol. The van der Waals surface area contributed by atoms with E-state index in [1.165, 1.54) is 18.2 Å². The van der Waals surface area contributed by atoms with Gasteiger partial charge in [-0.25, -0.2) is 9.18 Å². The van der Waals surface area contributed by atoms with E-state index in [0.29, 0.717) is 11.3 Å². The third-order valence-corrected chi connectivity index (χ3v) is 3.06. The Balaban J connectivity index is 1.87. The number of esters is 1. The first-order chi connectivity index (χ1) is 11.0. The number of hydrogen-bond donors (Lipinski definition) is 1. The van der Waals surface area contributed by atoms with E-state index in [0.717, 1.165) is 5.69 Å². The van der Waals surface area contributed by atoms with Crippen LogP contribution in [0.1, 0.15) is 10.4 Å². The lowest BCUT2D eigenvalue weighted by molar-refractivity contribution is -0.119. The van der Waals surface area contributed by atoms with Gasteiger partial charge in [0.15, 0.2) is 6.61 Å². The molecule has 2 aromatic carbocycles. The Kier molecular flexibility index (Phi) is 5.30. The van der Waals surface area contributed by atoms with Crippen LogP contribution < -0.4 is 10.2 Å². The summed E-state index contributed by atoms with van der Waals surface area (Å²) >= 11 is 0. The van der Waals surface area contributed by atoms with Gasteiger partial charge in [-0.3, -0.25) is 4.79 Å². The number of halogens is 1. The lowest BCUT2D eigenvalue weighted by Gasteiger charge is -2.12. The molecule has 0 aliphatic rings. The number of ether oxygens (including phenoxy) is 1. The molecule has 0 aliphatic heterocycles. The summed E-state index contributed by atoms with van der Waals surface area (Å²) in [6.07, 6.45) is 0. The third kappa shape index (κ3) is 4.81. The number of hydrogen-bond acceptors (Lipinski definition) is 4. The zero-order chi connectivity index (χ0) is 16.8. The number of carbonyl (C=O) groups is 2. The minimum atomic E-state index is -0.593. The third-order valence-electron chi connectivity index (χ3n) is 3.06. The molecular formula is C17H17FN2O3. The van der Waals surface area contributed by atoms with Gasteiger partial charge in [-0.15, -0.1) is 0 Å². The van der Waals surface area contributed by atoms with Crippen molar-refractivity contribution in [1.82, 2.24) is 0 Å². The largest absolute Gasteiger partial charge is 0.452 e. The van der Waals surface area contributed by atoms with Crippen LogP contribution in [0.3, 0.4) is 0 Å². The fraction of sp³-hybridized carbons (Fsp3) is 0.176. The van der Waals surface area contributed by atoms with Gasteiger partial charge in [0.25, 0.3) is 5.91 Å².